The zero-order chi connectivity index (χ0) is 26.1. The predicted molar refractivity (Wildman–Crippen MR) is 146 cm³/mol. The molecule has 8 nitrogen and oxygen atoms in total. The van der Waals surface area contributed by atoms with Gasteiger partial charge in [-0.15, -0.1) is 0 Å². The van der Waals surface area contributed by atoms with E-state index in [0.717, 1.165) is 52.8 Å². The lowest BCUT2D eigenvalue weighted by molar-refractivity contribution is 0.0950. The summed E-state index contributed by atoms with van der Waals surface area (Å²) in [5.74, 6) is -0.177. The Morgan fingerprint density at radius 2 is 1.81 bits per heavy atom. The molecule has 1 aromatic carbocycles. The Kier molecular flexibility index (Phi) is 7.54. The van der Waals surface area contributed by atoms with Crippen LogP contribution < -0.4 is 15.8 Å². The van der Waals surface area contributed by atoms with Crippen molar-refractivity contribution in [3.8, 4) is 0 Å². The van der Waals surface area contributed by atoms with E-state index in [9.17, 15) is 9.59 Å². The average Bonchev–Trinajstić information content (AvgIpc) is 3.20. The van der Waals surface area contributed by atoms with Gasteiger partial charge in [-0.05, 0) is 90.7 Å². The molecular formula is C28H40N6O2. The van der Waals surface area contributed by atoms with E-state index in [0.29, 0.717) is 23.2 Å². The normalized spacial score (nSPS) is 18.1. The number of nitrogens with zero attached hydrogens (tertiary/aromatic N) is 4. The third-order valence-corrected chi connectivity index (χ3v) is 7.91. The quantitative estimate of drug-likeness (QED) is 0.524. The Morgan fingerprint density at radius 3 is 2.42 bits per heavy atom. The summed E-state index contributed by atoms with van der Waals surface area (Å²) in [6, 6.07) is 4.92. The standard InChI is InChI=1S/C28H40N6O2/c1-8-34(21-11-9-20(10-12-21)32(5)6)26-19(4)22(14-25-24(26)16-30-33(25)7)27(35)29-15-23-17(2)13-18(3)31-28(23)36/h13-14,16,20-21H,8-12,15H2,1-7H3,(H,29,35)(H,31,36)/t20-,21+. The molecule has 0 radical (unpaired) electrons. The van der Waals surface area contributed by atoms with Gasteiger partial charge in [-0.1, -0.05) is 0 Å². The minimum absolute atomic E-state index is 0.155. The van der Waals surface area contributed by atoms with Crippen molar-refractivity contribution in [3.05, 3.63) is 56.6 Å². The van der Waals surface area contributed by atoms with Crippen molar-refractivity contribution in [1.29, 1.82) is 0 Å². The first-order valence-electron chi connectivity index (χ1n) is 13.0. The smallest absolute Gasteiger partial charge is 0.253 e. The van der Waals surface area contributed by atoms with E-state index < -0.39 is 0 Å². The minimum atomic E-state index is -0.177. The van der Waals surface area contributed by atoms with Gasteiger partial charge < -0.3 is 20.1 Å². The Bertz CT molecular complexity index is 1310. The van der Waals surface area contributed by atoms with Crippen molar-refractivity contribution in [2.75, 3.05) is 25.5 Å². The number of rotatable bonds is 7. The summed E-state index contributed by atoms with van der Waals surface area (Å²) in [5, 5.41) is 8.61. The maximum atomic E-state index is 13.5. The van der Waals surface area contributed by atoms with E-state index in [1.54, 1.807) is 0 Å². The average molecular weight is 493 g/mol. The van der Waals surface area contributed by atoms with Gasteiger partial charge in [0, 0.05) is 54.4 Å². The molecule has 1 amide bonds. The van der Waals surface area contributed by atoms with Crippen LogP contribution in [-0.4, -0.2) is 58.3 Å². The second kappa shape index (κ2) is 10.5. The molecule has 1 aliphatic rings. The summed E-state index contributed by atoms with van der Waals surface area (Å²) in [5.41, 5.74) is 5.74. The molecule has 3 aromatic rings. The molecule has 36 heavy (non-hydrogen) atoms. The van der Waals surface area contributed by atoms with E-state index in [2.05, 4.69) is 46.2 Å². The largest absolute Gasteiger partial charge is 0.368 e. The molecule has 0 saturated heterocycles. The first kappa shape index (κ1) is 25.9. The van der Waals surface area contributed by atoms with Gasteiger partial charge in [0.05, 0.1) is 17.4 Å². The van der Waals surface area contributed by atoms with Crippen molar-refractivity contribution >= 4 is 22.5 Å². The summed E-state index contributed by atoms with van der Waals surface area (Å²) >= 11 is 0. The summed E-state index contributed by atoms with van der Waals surface area (Å²) < 4.78 is 1.83. The minimum Gasteiger partial charge on any atom is -0.368 e. The summed E-state index contributed by atoms with van der Waals surface area (Å²) in [6.07, 6.45) is 6.53. The van der Waals surface area contributed by atoms with E-state index in [-0.39, 0.29) is 18.0 Å². The molecule has 194 valence electrons. The van der Waals surface area contributed by atoms with Crippen LogP contribution in [0.1, 0.15) is 65.3 Å². The lowest BCUT2D eigenvalue weighted by atomic mass is 9.88. The lowest BCUT2D eigenvalue weighted by Gasteiger charge is -2.40. The van der Waals surface area contributed by atoms with Gasteiger partial charge >= 0.3 is 0 Å². The predicted octanol–water partition coefficient (Wildman–Crippen LogP) is 3.82. The maximum absolute atomic E-state index is 13.5. The van der Waals surface area contributed by atoms with Crippen LogP contribution in [0.4, 0.5) is 5.69 Å². The number of carbonyl (C=O) groups excluding carboxylic acids is 1. The molecular weight excluding hydrogens is 452 g/mol. The van der Waals surface area contributed by atoms with Crippen LogP contribution in [0.15, 0.2) is 23.1 Å². The molecule has 1 fully saturated rings. The van der Waals surface area contributed by atoms with Gasteiger partial charge in [-0.2, -0.15) is 5.10 Å². The molecule has 2 N–H and O–H groups in total. The Morgan fingerprint density at radius 1 is 1.14 bits per heavy atom. The molecule has 2 aromatic heterocycles. The molecule has 0 unspecified atom stereocenters. The van der Waals surface area contributed by atoms with E-state index in [1.165, 1.54) is 12.8 Å². The highest BCUT2D eigenvalue weighted by Gasteiger charge is 2.29. The van der Waals surface area contributed by atoms with Crippen LogP contribution in [0, 0.1) is 20.8 Å². The number of nitrogens with one attached hydrogen (secondary N) is 2. The zero-order valence-corrected chi connectivity index (χ0v) is 22.7. The summed E-state index contributed by atoms with van der Waals surface area (Å²) in [7, 11) is 6.25. The van der Waals surface area contributed by atoms with Crippen LogP contribution >= 0.6 is 0 Å². The fourth-order valence-electron chi connectivity index (χ4n) is 5.83. The molecule has 8 heteroatoms. The van der Waals surface area contributed by atoms with Crippen molar-refractivity contribution < 1.29 is 4.79 Å². The molecule has 1 aliphatic carbocycles. The number of hydrogen-bond acceptors (Lipinski definition) is 5. The number of carbonyl (C=O) groups is 1. The zero-order valence-electron chi connectivity index (χ0n) is 22.7. The van der Waals surface area contributed by atoms with Crippen LogP contribution in [0.2, 0.25) is 0 Å². The highest BCUT2D eigenvalue weighted by atomic mass is 16.1. The van der Waals surface area contributed by atoms with Crippen molar-refractivity contribution in [3.63, 3.8) is 0 Å². The molecule has 0 aliphatic heterocycles. The van der Waals surface area contributed by atoms with Gasteiger partial charge in [-0.3, -0.25) is 14.3 Å². The highest BCUT2D eigenvalue weighted by molar-refractivity contribution is 6.05. The molecule has 0 bridgehead atoms. The maximum Gasteiger partial charge on any atom is 0.253 e. The Balaban J connectivity index is 1.68. The van der Waals surface area contributed by atoms with Crippen LogP contribution in [0.5, 0.6) is 0 Å². The highest BCUT2D eigenvalue weighted by Crippen LogP contribution is 2.37. The first-order valence-corrected chi connectivity index (χ1v) is 13.0. The van der Waals surface area contributed by atoms with E-state index in [4.69, 9.17) is 0 Å². The molecule has 1 saturated carbocycles. The number of aromatic amines is 1. The first-order chi connectivity index (χ1) is 17.1. The molecule has 0 spiro atoms. The second-order valence-electron chi connectivity index (χ2n) is 10.4. The van der Waals surface area contributed by atoms with E-state index in [1.807, 2.05) is 50.8 Å². The number of pyridine rings is 1. The van der Waals surface area contributed by atoms with Gasteiger partial charge in [0.2, 0.25) is 0 Å². The molecule has 0 atom stereocenters. The van der Waals surface area contributed by atoms with Gasteiger partial charge in [0.15, 0.2) is 0 Å². The van der Waals surface area contributed by atoms with Crippen LogP contribution in [0.3, 0.4) is 0 Å². The number of benzene rings is 1. The number of amides is 1. The van der Waals surface area contributed by atoms with Crippen LogP contribution in [-0.2, 0) is 13.6 Å². The monoisotopic (exact) mass is 492 g/mol. The second-order valence-corrected chi connectivity index (χ2v) is 10.4. The van der Waals surface area contributed by atoms with Gasteiger partial charge in [0.1, 0.15) is 0 Å². The van der Waals surface area contributed by atoms with E-state index >= 15 is 0 Å². The van der Waals surface area contributed by atoms with Crippen LogP contribution in [0.25, 0.3) is 10.9 Å². The Labute approximate surface area is 213 Å². The number of anilines is 1. The fraction of sp³-hybridized carbons (Fsp3) is 0.536. The van der Waals surface area contributed by atoms with Crippen molar-refractivity contribution in [2.24, 2.45) is 7.05 Å². The third kappa shape index (κ3) is 4.91. The van der Waals surface area contributed by atoms with Gasteiger partial charge in [-0.25, -0.2) is 0 Å². The van der Waals surface area contributed by atoms with Gasteiger partial charge in [0.25, 0.3) is 11.5 Å². The summed E-state index contributed by atoms with van der Waals surface area (Å²) in [4.78, 5) is 33.6. The topological polar surface area (TPSA) is 86.3 Å². The summed E-state index contributed by atoms with van der Waals surface area (Å²) in [6.45, 7) is 9.04. The number of hydrogen-bond donors (Lipinski definition) is 2. The third-order valence-electron chi connectivity index (χ3n) is 7.91. The number of fused-ring (bicyclic) bond motifs is 1. The molecule has 2 heterocycles. The Hall–Kier alpha value is -3.13. The SMILES string of the molecule is CCN(c1c(C)c(C(=O)NCc2c(C)cc(C)[nH]c2=O)cc2c1cnn2C)[C@H]1CC[C@@H](N(C)C)CC1. The number of aryl methyl sites for hydroxylation is 3. The molecule has 4 rings (SSSR count). The number of aromatic nitrogens is 3. The fourth-order valence-corrected chi connectivity index (χ4v) is 5.83. The van der Waals surface area contributed by atoms with Crippen molar-refractivity contribution in [1.82, 2.24) is 25.0 Å². The number of H-pyrrole nitrogens is 1. The van der Waals surface area contributed by atoms with Crippen molar-refractivity contribution in [2.45, 2.75) is 72.0 Å². The lowest BCUT2D eigenvalue weighted by Crippen LogP contribution is -2.42.